The first-order valence-corrected chi connectivity index (χ1v) is 11.8. The summed E-state index contributed by atoms with van der Waals surface area (Å²) in [4.78, 5) is 12.7. The van der Waals surface area contributed by atoms with E-state index in [1.54, 1.807) is 26.2 Å². The van der Waals surface area contributed by atoms with E-state index >= 15 is 0 Å². The molecule has 1 amide bonds. The maximum Gasteiger partial charge on any atom is 0.255 e. The highest BCUT2D eigenvalue weighted by atomic mass is 32.2. The molecular formula is C23H29FN2O4S. The Bertz CT molecular complexity index is 1040. The Morgan fingerprint density at radius 3 is 2.71 bits per heavy atom. The first-order valence-electron chi connectivity index (χ1n) is 10.4. The molecule has 1 N–H and O–H groups in total. The topological polar surface area (TPSA) is 75.7 Å². The summed E-state index contributed by atoms with van der Waals surface area (Å²) >= 11 is 0. The van der Waals surface area contributed by atoms with Crippen molar-refractivity contribution in [1.82, 2.24) is 4.31 Å². The van der Waals surface area contributed by atoms with Crippen LogP contribution in [0.4, 0.5) is 10.1 Å². The van der Waals surface area contributed by atoms with Crippen LogP contribution in [0.3, 0.4) is 0 Å². The van der Waals surface area contributed by atoms with Crippen LogP contribution in [-0.2, 0) is 14.8 Å². The molecule has 6 nitrogen and oxygen atoms in total. The molecule has 2 aromatic rings. The Morgan fingerprint density at radius 2 is 2.03 bits per heavy atom. The van der Waals surface area contributed by atoms with Gasteiger partial charge < -0.3 is 10.1 Å². The van der Waals surface area contributed by atoms with Crippen molar-refractivity contribution in [3.63, 3.8) is 0 Å². The van der Waals surface area contributed by atoms with Crippen molar-refractivity contribution >= 4 is 21.6 Å². The van der Waals surface area contributed by atoms with E-state index in [-0.39, 0.29) is 22.3 Å². The molecule has 0 spiro atoms. The van der Waals surface area contributed by atoms with Crippen molar-refractivity contribution in [3.05, 3.63) is 59.4 Å². The minimum Gasteiger partial charge on any atom is -0.385 e. The number of carbonyl (C=O) groups is 1. The third kappa shape index (κ3) is 5.50. The van der Waals surface area contributed by atoms with Crippen LogP contribution >= 0.6 is 0 Å². The summed E-state index contributed by atoms with van der Waals surface area (Å²) < 4.78 is 46.6. The van der Waals surface area contributed by atoms with E-state index in [1.165, 1.54) is 34.6 Å². The molecule has 0 saturated carbocycles. The lowest BCUT2D eigenvalue weighted by molar-refractivity contribution is 0.102. The third-order valence-corrected chi connectivity index (χ3v) is 7.78. The molecule has 0 bridgehead atoms. The molecule has 2 atom stereocenters. The first kappa shape index (κ1) is 23.4. The van der Waals surface area contributed by atoms with Crippen molar-refractivity contribution in [2.45, 2.75) is 44.0 Å². The standard InChI is InChI=1S/C23H29FN2O4S/c1-16-13-20(7-8-22(16)24)25-23(27)19-5-4-6-21(15-19)31(28,29)26-11-9-18(10-12-30-3)14-17(26)2/h4-8,13,15,17-18H,9-12,14H2,1-3H3,(H,25,27). The highest BCUT2D eigenvalue weighted by Crippen LogP contribution is 2.30. The van der Waals surface area contributed by atoms with Crippen LogP contribution in [0.2, 0.25) is 0 Å². The largest absolute Gasteiger partial charge is 0.385 e. The van der Waals surface area contributed by atoms with Crippen molar-refractivity contribution < 1.29 is 22.3 Å². The summed E-state index contributed by atoms with van der Waals surface area (Å²) in [6.07, 6.45) is 2.50. The molecule has 8 heteroatoms. The van der Waals surface area contributed by atoms with E-state index in [0.717, 1.165) is 19.3 Å². The van der Waals surface area contributed by atoms with Gasteiger partial charge in [-0.05, 0) is 81.0 Å². The molecule has 31 heavy (non-hydrogen) atoms. The number of methoxy groups -OCH3 is 1. The van der Waals surface area contributed by atoms with Crippen molar-refractivity contribution in [2.24, 2.45) is 5.92 Å². The number of piperidine rings is 1. The fraction of sp³-hybridized carbons (Fsp3) is 0.435. The summed E-state index contributed by atoms with van der Waals surface area (Å²) in [5.41, 5.74) is 1.09. The third-order valence-electron chi connectivity index (χ3n) is 5.77. The lowest BCUT2D eigenvalue weighted by Gasteiger charge is -2.36. The second kappa shape index (κ2) is 9.89. The molecule has 168 valence electrons. The lowest BCUT2D eigenvalue weighted by Crippen LogP contribution is -2.44. The van der Waals surface area contributed by atoms with Crippen LogP contribution in [0.1, 0.15) is 42.1 Å². The van der Waals surface area contributed by atoms with E-state index in [1.807, 2.05) is 6.92 Å². The monoisotopic (exact) mass is 448 g/mol. The average Bonchev–Trinajstić information content (AvgIpc) is 2.74. The second-order valence-electron chi connectivity index (χ2n) is 8.08. The molecule has 2 unspecified atom stereocenters. The fourth-order valence-corrected chi connectivity index (χ4v) is 5.71. The van der Waals surface area contributed by atoms with Crippen LogP contribution in [0.5, 0.6) is 0 Å². The number of benzene rings is 2. The number of halogens is 1. The highest BCUT2D eigenvalue weighted by Gasteiger charge is 2.34. The van der Waals surface area contributed by atoms with Crippen molar-refractivity contribution in [1.29, 1.82) is 0 Å². The fourth-order valence-electron chi connectivity index (χ4n) is 4.01. The maximum atomic E-state index is 13.4. The molecule has 3 rings (SSSR count). The molecular weight excluding hydrogens is 419 g/mol. The molecule has 1 aliphatic rings. The van der Waals surface area contributed by atoms with Gasteiger partial charge in [-0.15, -0.1) is 0 Å². The number of rotatable bonds is 7. The Balaban J connectivity index is 1.75. The molecule has 1 saturated heterocycles. The van der Waals surface area contributed by atoms with E-state index in [4.69, 9.17) is 4.74 Å². The number of hydrogen-bond acceptors (Lipinski definition) is 4. The van der Waals surface area contributed by atoms with Gasteiger partial charge in [-0.25, -0.2) is 12.8 Å². The smallest absolute Gasteiger partial charge is 0.255 e. The van der Waals surface area contributed by atoms with Gasteiger partial charge in [0.25, 0.3) is 5.91 Å². The molecule has 1 fully saturated rings. The number of nitrogens with one attached hydrogen (secondary N) is 1. The zero-order chi connectivity index (χ0) is 22.6. The minimum absolute atomic E-state index is 0.0950. The van der Waals surface area contributed by atoms with Crippen LogP contribution in [-0.4, -0.2) is 44.9 Å². The normalized spacial score (nSPS) is 19.9. The molecule has 0 aromatic heterocycles. The van der Waals surface area contributed by atoms with Gasteiger partial charge in [0.15, 0.2) is 0 Å². The van der Waals surface area contributed by atoms with Crippen molar-refractivity contribution in [3.8, 4) is 0 Å². The SMILES string of the molecule is COCCC1CCN(S(=O)(=O)c2cccc(C(=O)Nc3ccc(F)c(C)c3)c2)C(C)C1. The number of aryl methyl sites for hydroxylation is 1. The molecule has 0 aliphatic carbocycles. The summed E-state index contributed by atoms with van der Waals surface area (Å²) in [5.74, 6) is -0.363. The van der Waals surface area contributed by atoms with Gasteiger partial charge >= 0.3 is 0 Å². The number of sulfonamides is 1. The van der Waals surface area contributed by atoms with E-state index in [0.29, 0.717) is 30.3 Å². The number of anilines is 1. The van der Waals surface area contributed by atoms with Crippen LogP contribution in [0.25, 0.3) is 0 Å². The average molecular weight is 449 g/mol. The Kier molecular flexibility index (Phi) is 7.46. The van der Waals surface area contributed by atoms with Gasteiger partial charge in [-0.3, -0.25) is 4.79 Å². The number of nitrogens with zero attached hydrogens (tertiary/aromatic N) is 1. The summed E-state index contributed by atoms with van der Waals surface area (Å²) in [7, 11) is -2.05. The molecule has 1 heterocycles. The Labute approximate surface area is 183 Å². The predicted molar refractivity (Wildman–Crippen MR) is 118 cm³/mol. The second-order valence-corrected chi connectivity index (χ2v) is 9.97. The quantitative estimate of drug-likeness (QED) is 0.688. The number of hydrogen-bond donors (Lipinski definition) is 1. The van der Waals surface area contributed by atoms with Crippen LogP contribution in [0.15, 0.2) is 47.4 Å². The molecule has 0 radical (unpaired) electrons. The van der Waals surface area contributed by atoms with E-state index in [2.05, 4.69) is 5.32 Å². The van der Waals surface area contributed by atoms with Gasteiger partial charge in [0, 0.05) is 37.6 Å². The predicted octanol–water partition coefficient (Wildman–Crippen LogP) is 4.21. The lowest BCUT2D eigenvalue weighted by atomic mass is 9.91. The summed E-state index contributed by atoms with van der Waals surface area (Å²) in [6.45, 7) is 4.65. The minimum atomic E-state index is -3.72. The number of amides is 1. The van der Waals surface area contributed by atoms with Crippen molar-refractivity contribution in [2.75, 3.05) is 25.6 Å². The maximum absolute atomic E-state index is 13.4. The summed E-state index contributed by atoms with van der Waals surface area (Å²) in [5, 5.41) is 2.69. The molecule has 1 aliphatic heterocycles. The van der Waals surface area contributed by atoms with E-state index < -0.39 is 15.9 Å². The highest BCUT2D eigenvalue weighted by molar-refractivity contribution is 7.89. The van der Waals surface area contributed by atoms with Gasteiger partial charge in [0.1, 0.15) is 5.82 Å². The molecule has 2 aromatic carbocycles. The van der Waals surface area contributed by atoms with Gasteiger partial charge in [-0.1, -0.05) is 6.07 Å². The number of ether oxygens (including phenoxy) is 1. The Hall–Kier alpha value is -2.29. The van der Waals surface area contributed by atoms with Crippen LogP contribution in [0, 0.1) is 18.7 Å². The number of carbonyl (C=O) groups excluding carboxylic acids is 1. The van der Waals surface area contributed by atoms with E-state index in [9.17, 15) is 17.6 Å². The zero-order valence-electron chi connectivity index (χ0n) is 18.1. The summed E-state index contributed by atoms with van der Waals surface area (Å²) in [6, 6.07) is 10.2. The zero-order valence-corrected chi connectivity index (χ0v) is 18.9. The van der Waals surface area contributed by atoms with Crippen LogP contribution < -0.4 is 5.32 Å². The Morgan fingerprint density at radius 1 is 1.26 bits per heavy atom. The van der Waals surface area contributed by atoms with Gasteiger partial charge in [0.2, 0.25) is 10.0 Å². The first-order chi connectivity index (χ1) is 14.7. The van der Waals surface area contributed by atoms with Gasteiger partial charge in [-0.2, -0.15) is 4.31 Å². The van der Waals surface area contributed by atoms with Gasteiger partial charge in [0.05, 0.1) is 4.90 Å².